The highest BCUT2D eigenvalue weighted by Gasteiger charge is 2.33. The van der Waals surface area contributed by atoms with E-state index >= 15 is 0 Å². The Labute approximate surface area is 210 Å². The number of nitrogens with zero attached hydrogens (tertiary/aromatic N) is 5. The number of hydrogen-bond acceptors (Lipinski definition) is 7. The van der Waals surface area contributed by atoms with Gasteiger partial charge in [-0.25, -0.2) is 4.68 Å². The summed E-state index contributed by atoms with van der Waals surface area (Å²) in [5.41, 5.74) is 1.36. The molecule has 1 N–H and O–H groups in total. The quantitative estimate of drug-likeness (QED) is 0.333. The number of aromatic nitrogens is 5. The van der Waals surface area contributed by atoms with Crippen molar-refractivity contribution in [3.8, 4) is 5.75 Å². The second kappa shape index (κ2) is 10.7. The molecule has 1 saturated carbocycles. The van der Waals surface area contributed by atoms with E-state index in [2.05, 4.69) is 39.3 Å². The van der Waals surface area contributed by atoms with Crippen molar-refractivity contribution in [1.82, 2.24) is 30.1 Å². The highest BCUT2D eigenvalue weighted by Crippen LogP contribution is 2.35. The number of furan rings is 1. The summed E-state index contributed by atoms with van der Waals surface area (Å²) in [7, 11) is 0. The molecule has 0 unspecified atom stereocenters. The molecule has 1 aliphatic carbocycles. The van der Waals surface area contributed by atoms with E-state index in [0.717, 1.165) is 41.1 Å². The first-order chi connectivity index (χ1) is 17.5. The van der Waals surface area contributed by atoms with Gasteiger partial charge in [-0.05, 0) is 72.5 Å². The van der Waals surface area contributed by atoms with Gasteiger partial charge in [0, 0.05) is 23.0 Å². The van der Waals surface area contributed by atoms with Crippen LogP contribution in [0, 0.1) is 5.92 Å². The lowest BCUT2D eigenvalue weighted by Gasteiger charge is -2.33. The largest absolute Gasteiger partial charge is 0.494 e. The SMILES string of the molecule is CCOc1ccc2[nH]c(=O)c(CN(Cc3ccco3)[C@H](c3nnnn3C3CCCC3)C(C)C)cc2c1. The Balaban J connectivity index is 1.54. The van der Waals surface area contributed by atoms with Crippen molar-refractivity contribution in [3.63, 3.8) is 0 Å². The minimum atomic E-state index is -0.103. The molecule has 4 aromatic rings. The van der Waals surface area contributed by atoms with Crippen LogP contribution in [-0.2, 0) is 13.1 Å². The number of nitrogens with one attached hydrogen (secondary N) is 1. The Bertz CT molecular complexity index is 1340. The first-order valence-corrected chi connectivity index (χ1v) is 12.9. The second-order valence-corrected chi connectivity index (χ2v) is 9.90. The van der Waals surface area contributed by atoms with Gasteiger partial charge in [-0.3, -0.25) is 9.69 Å². The van der Waals surface area contributed by atoms with E-state index in [9.17, 15) is 4.79 Å². The number of fused-ring (bicyclic) bond motifs is 1. The molecule has 1 aromatic carbocycles. The molecule has 0 aliphatic heterocycles. The van der Waals surface area contributed by atoms with Gasteiger partial charge in [0.05, 0.1) is 31.5 Å². The Morgan fingerprint density at radius 2 is 2.03 bits per heavy atom. The van der Waals surface area contributed by atoms with Crippen molar-refractivity contribution in [1.29, 1.82) is 0 Å². The molecular weight excluding hydrogens is 456 g/mol. The summed E-state index contributed by atoms with van der Waals surface area (Å²) in [6, 6.07) is 11.8. The molecule has 36 heavy (non-hydrogen) atoms. The third kappa shape index (κ3) is 5.06. The predicted molar refractivity (Wildman–Crippen MR) is 137 cm³/mol. The summed E-state index contributed by atoms with van der Waals surface area (Å²) >= 11 is 0. The van der Waals surface area contributed by atoms with Crippen molar-refractivity contribution < 1.29 is 9.15 Å². The zero-order chi connectivity index (χ0) is 25.1. The normalized spacial score (nSPS) is 15.4. The maximum absolute atomic E-state index is 13.2. The molecule has 9 nitrogen and oxygen atoms in total. The van der Waals surface area contributed by atoms with Crippen molar-refractivity contribution in [3.05, 3.63) is 70.2 Å². The maximum atomic E-state index is 13.2. The minimum Gasteiger partial charge on any atom is -0.494 e. The van der Waals surface area contributed by atoms with Crippen molar-refractivity contribution in [2.24, 2.45) is 5.92 Å². The number of aromatic amines is 1. The summed E-state index contributed by atoms with van der Waals surface area (Å²) in [4.78, 5) is 18.5. The first kappa shape index (κ1) is 24.2. The third-order valence-corrected chi connectivity index (χ3v) is 6.99. The van der Waals surface area contributed by atoms with Gasteiger partial charge >= 0.3 is 0 Å². The smallest absolute Gasteiger partial charge is 0.252 e. The molecule has 0 amide bonds. The molecule has 1 fully saturated rings. The molecular formula is C27H34N6O3. The number of benzene rings is 1. The van der Waals surface area contributed by atoms with E-state index in [0.29, 0.717) is 31.3 Å². The van der Waals surface area contributed by atoms with Crippen LogP contribution >= 0.6 is 0 Å². The molecule has 1 atom stereocenters. The average Bonchev–Trinajstić information content (AvgIpc) is 3.63. The number of ether oxygens (including phenoxy) is 1. The molecule has 190 valence electrons. The van der Waals surface area contributed by atoms with Gasteiger partial charge in [0.25, 0.3) is 5.56 Å². The van der Waals surface area contributed by atoms with Crippen LogP contribution in [0.15, 0.2) is 51.9 Å². The van der Waals surface area contributed by atoms with Crippen LogP contribution < -0.4 is 10.3 Å². The first-order valence-electron chi connectivity index (χ1n) is 12.9. The van der Waals surface area contributed by atoms with Gasteiger partial charge < -0.3 is 14.1 Å². The fourth-order valence-electron chi connectivity index (χ4n) is 5.37. The van der Waals surface area contributed by atoms with Gasteiger partial charge in [0.1, 0.15) is 11.5 Å². The van der Waals surface area contributed by atoms with Crippen molar-refractivity contribution in [2.45, 2.75) is 71.6 Å². The number of H-pyrrole nitrogens is 1. The Kier molecular flexibility index (Phi) is 7.18. The van der Waals surface area contributed by atoms with Gasteiger partial charge in [-0.15, -0.1) is 5.10 Å². The highest BCUT2D eigenvalue weighted by molar-refractivity contribution is 5.80. The third-order valence-electron chi connectivity index (χ3n) is 6.99. The lowest BCUT2D eigenvalue weighted by molar-refractivity contribution is 0.114. The summed E-state index contributed by atoms with van der Waals surface area (Å²) < 4.78 is 13.4. The lowest BCUT2D eigenvalue weighted by atomic mass is 9.99. The van der Waals surface area contributed by atoms with E-state index in [1.165, 1.54) is 12.8 Å². The summed E-state index contributed by atoms with van der Waals surface area (Å²) in [6.45, 7) is 7.85. The summed E-state index contributed by atoms with van der Waals surface area (Å²) in [6.07, 6.45) is 6.25. The van der Waals surface area contributed by atoms with Gasteiger partial charge in [0.2, 0.25) is 0 Å². The molecule has 3 heterocycles. The van der Waals surface area contributed by atoms with E-state index in [1.54, 1.807) is 6.26 Å². The molecule has 0 radical (unpaired) electrons. The van der Waals surface area contributed by atoms with Crippen LogP contribution in [0.1, 0.15) is 75.7 Å². The second-order valence-electron chi connectivity index (χ2n) is 9.90. The average molecular weight is 491 g/mol. The Hall–Kier alpha value is -3.46. The monoisotopic (exact) mass is 490 g/mol. The molecule has 9 heteroatoms. The van der Waals surface area contributed by atoms with Crippen LogP contribution in [0.4, 0.5) is 0 Å². The predicted octanol–water partition coefficient (Wildman–Crippen LogP) is 5.02. The Morgan fingerprint density at radius 3 is 2.75 bits per heavy atom. The molecule has 1 aliphatic rings. The van der Waals surface area contributed by atoms with E-state index in [-0.39, 0.29) is 17.5 Å². The zero-order valence-electron chi connectivity index (χ0n) is 21.2. The van der Waals surface area contributed by atoms with Gasteiger partial charge in [0.15, 0.2) is 5.82 Å². The maximum Gasteiger partial charge on any atom is 0.252 e. The molecule has 5 rings (SSSR count). The molecule has 0 spiro atoms. The van der Waals surface area contributed by atoms with Crippen LogP contribution in [0.2, 0.25) is 0 Å². The highest BCUT2D eigenvalue weighted by atomic mass is 16.5. The minimum absolute atomic E-state index is 0.101. The number of pyridine rings is 1. The standard InChI is InChI=1S/C27H34N6O3/c1-4-35-22-11-12-24-19(15-22)14-20(27(34)28-24)16-32(17-23-10-7-13-36-23)25(18(2)3)26-29-30-31-33(26)21-8-5-6-9-21/h7,10-15,18,21,25H,4-6,8-9,16-17H2,1-3H3,(H,28,34)/t25-/m0/s1. The number of hydrogen-bond donors (Lipinski definition) is 1. The van der Waals surface area contributed by atoms with Crippen LogP contribution in [-0.4, -0.2) is 36.7 Å². The van der Waals surface area contributed by atoms with Crippen molar-refractivity contribution in [2.75, 3.05) is 6.61 Å². The van der Waals surface area contributed by atoms with Crippen LogP contribution in [0.3, 0.4) is 0 Å². The van der Waals surface area contributed by atoms with E-state index in [1.807, 2.05) is 48.0 Å². The van der Waals surface area contributed by atoms with Gasteiger partial charge in [-0.1, -0.05) is 26.7 Å². The van der Waals surface area contributed by atoms with Crippen LogP contribution in [0.25, 0.3) is 10.9 Å². The lowest BCUT2D eigenvalue weighted by Crippen LogP contribution is -2.35. The topological polar surface area (TPSA) is 102 Å². The van der Waals surface area contributed by atoms with E-state index in [4.69, 9.17) is 9.15 Å². The van der Waals surface area contributed by atoms with Crippen LogP contribution in [0.5, 0.6) is 5.75 Å². The summed E-state index contributed by atoms with van der Waals surface area (Å²) in [5, 5.41) is 13.9. The fourth-order valence-corrected chi connectivity index (χ4v) is 5.37. The van der Waals surface area contributed by atoms with E-state index < -0.39 is 0 Å². The Morgan fingerprint density at radius 1 is 1.19 bits per heavy atom. The zero-order valence-corrected chi connectivity index (χ0v) is 21.2. The number of tetrazole rings is 1. The number of rotatable bonds is 10. The molecule has 0 bridgehead atoms. The molecule has 3 aromatic heterocycles. The van der Waals surface area contributed by atoms with Gasteiger partial charge in [-0.2, -0.15) is 0 Å². The summed E-state index contributed by atoms with van der Waals surface area (Å²) in [5.74, 6) is 2.66. The van der Waals surface area contributed by atoms with Crippen molar-refractivity contribution >= 4 is 10.9 Å². The molecule has 0 saturated heterocycles. The fraction of sp³-hybridized carbons (Fsp3) is 0.481.